The Morgan fingerprint density at radius 1 is 1.00 bits per heavy atom. The molecule has 0 radical (unpaired) electrons. The van der Waals surface area contributed by atoms with Crippen molar-refractivity contribution in [3.8, 4) is 0 Å². The molecule has 0 N–H and O–H groups in total. The minimum absolute atomic E-state index is 0.0549. The van der Waals surface area contributed by atoms with Crippen LogP contribution in [0.4, 0.5) is 17.6 Å². The average molecular weight is 196 g/mol. The van der Waals surface area contributed by atoms with Gasteiger partial charge in [0, 0.05) is 6.07 Å². The lowest BCUT2D eigenvalue weighted by atomic mass is 10.3. The van der Waals surface area contributed by atoms with Gasteiger partial charge in [-0.25, -0.2) is 17.6 Å². The molecule has 0 saturated heterocycles. The standard InChI is InChI=1S/C6HF4OP/c7-2-1-3(8)5(10)6(12-11)4(2)9/h1H. The zero-order valence-corrected chi connectivity index (χ0v) is 6.34. The molecule has 0 atom stereocenters. The van der Waals surface area contributed by atoms with Crippen molar-refractivity contribution < 1.29 is 22.1 Å². The molecule has 64 valence electrons. The second-order valence-corrected chi connectivity index (χ2v) is 2.54. The van der Waals surface area contributed by atoms with Gasteiger partial charge in [-0.15, -0.1) is 0 Å². The van der Waals surface area contributed by atoms with Crippen LogP contribution in [0.3, 0.4) is 0 Å². The Hall–Kier alpha value is -0.960. The van der Waals surface area contributed by atoms with E-state index in [1.807, 2.05) is 0 Å². The van der Waals surface area contributed by atoms with E-state index in [0.717, 1.165) is 0 Å². The van der Waals surface area contributed by atoms with Gasteiger partial charge < -0.3 is 0 Å². The summed E-state index contributed by atoms with van der Waals surface area (Å²) in [5.41, 5.74) is 0. The third-order valence-electron chi connectivity index (χ3n) is 1.18. The van der Waals surface area contributed by atoms with Crippen LogP contribution in [0.1, 0.15) is 0 Å². The molecule has 0 saturated carbocycles. The maximum atomic E-state index is 12.5. The maximum absolute atomic E-state index is 12.5. The van der Waals surface area contributed by atoms with E-state index < -0.39 is 37.0 Å². The van der Waals surface area contributed by atoms with Crippen molar-refractivity contribution in [3.05, 3.63) is 29.3 Å². The van der Waals surface area contributed by atoms with Crippen LogP contribution in [-0.4, -0.2) is 0 Å². The first-order valence-corrected chi connectivity index (χ1v) is 3.55. The predicted molar refractivity (Wildman–Crippen MR) is 33.5 cm³/mol. The molecule has 0 fully saturated rings. The van der Waals surface area contributed by atoms with Crippen LogP contribution in [0.5, 0.6) is 0 Å². The highest BCUT2D eigenvalue weighted by Gasteiger charge is 2.18. The van der Waals surface area contributed by atoms with E-state index in [9.17, 15) is 22.1 Å². The molecule has 0 aliphatic carbocycles. The topological polar surface area (TPSA) is 17.1 Å². The van der Waals surface area contributed by atoms with Crippen molar-refractivity contribution in [2.45, 2.75) is 0 Å². The van der Waals surface area contributed by atoms with Gasteiger partial charge in [-0.3, -0.25) is 4.57 Å². The van der Waals surface area contributed by atoms with E-state index in [2.05, 4.69) is 0 Å². The van der Waals surface area contributed by atoms with E-state index in [4.69, 9.17) is 0 Å². The van der Waals surface area contributed by atoms with Gasteiger partial charge in [0.2, 0.25) is 0 Å². The third-order valence-corrected chi connectivity index (χ3v) is 1.76. The summed E-state index contributed by atoms with van der Waals surface area (Å²) >= 11 is 0. The lowest BCUT2D eigenvalue weighted by Crippen LogP contribution is -2.11. The number of rotatable bonds is 1. The molecule has 0 heterocycles. The van der Waals surface area contributed by atoms with Crippen molar-refractivity contribution in [1.82, 2.24) is 0 Å². The lowest BCUT2D eigenvalue weighted by molar-refractivity contribution is 0.462. The SMILES string of the molecule is O=Pc1c(F)c(F)cc(F)c1F. The lowest BCUT2D eigenvalue weighted by Gasteiger charge is -1.97. The predicted octanol–water partition coefficient (Wildman–Crippen LogP) is 2.16. The third kappa shape index (κ3) is 1.32. The molecule has 1 aromatic rings. The second-order valence-electron chi connectivity index (χ2n) is 1.91. The fourth-order valence-corrected chi connectivity index (χ4v) is 1.01. The fraction of sp³-hybridized carbons (Fsp3) is 0. The normalized spacial score (nSPS) is 10.7. The average Bonchev–Trinajstić information content (AvgIpc) is 2.02. The Kier molecular flexibility index (Phi) is 2.43. The molecular formula is C6HF4OP. The van der Waals surface area contributed by atoms with Crippen molar-refractivity contribution >= 4 is 13.8 Å². The molecule has 1 rings (SSSR count). The smallest absolute Gasteiger partial charge is 0.198 e. The van der Waals surface area contributed by atoms with Crippen LogP contribution < -0.4 is 5.30 Å². The Bertz CT molecular complexity index is 313. The first kappa shape index (κ1) is 9.13. The molecule has 0 aromatic heterocycles. The molecule has 0 aliphatic heterocycles. The first-order valence-electron chi connectivity index (χ1n) is 2.74. The highest BCUT2D eigenvalue weighted by atomic mass is 31.1. The van der Waals surface area contributed by atoms with Crippen LogP contribution >= 0.6 is 8.46 Å². The maximum Gasteiger partial charge on any atom is 0.198 e. The molecule has 0 unspecified atom stereocenters. The summed E-state index contributed by atoms with van der Waals surface area (Å²) in [6.07, 6.45) is 0. The highest BCUT2D eigenvalue weighted by Crippen LogP contribution is 2.14. The van der Waals surface area contributed by atoms with Gasteiger partial charge in [0.25, 0.3) is 0 Å². The zero-order chi connectivity index (χ0) is 9.30. The van der Waals surface area contributed by atoms with Gasteiger partial charge in [-0.1, -0.05) is 0 Å². The van der Waals surface area contributed by atoms with Crippen LogP contribution in [0.2, 0.25) is 0 Å². The minimum atomic E-state index is -1.63. The fourth-order valence-electron chi connectivity index (χ4n) is 0.641. The van der Waals surface area contributed by atoms with Crippen LogP contribution in [0.15, 0.2) is 6.07 Å². The van der Waals surface area contributed by atoms with Gasteiger partial charge >= 0.3 is 0 Å². The minimum Gasteiger partial charge on any atom is -0.269 e. The highest BCUT2D eigenvalue weighted by molar-refractivity contribution is 7.34. The molecule has 0 bridgehead atoms. The Balaban J connectivity index is 3.52. The van der Waals surface area contributed by atoms with Crippen LogP contribution in [0.25, 0.3) is 0 Å². The summed E-state index contributed by atoms with van der Waals surface area (Å²) in [5.74, 6) is -6.39. The largest absolute Gasteiger partial charge is 0.269 e. The molecule has 0 aliphatic rings. The van der Waals surface area contributed by atoms with Crippen LogP contribution in [-0.2, 0) is 4.57 Å². The van der Waals surface area contributed by atoms with Gasteiger partial charge in [0.15, 0.2) is 31.7 Å². The molecule has 0 spiro atoms. The van der Waals surface area contributed by atoms with Crippen molar-refractivity contribution in [3.63, 3.8) is 0 Å². The summed E-state index contributed by atoms with van der Waals surface area (Å²) in [7, 11) is -1.09. The monoisotopic (exact) mass is 196 g/mol. The summed E-state index contributed by atoms with van der Waals surface area (Å²) in [6.45, 7) is 0. The molecule has 6 heteroatoms. The molecular weight excluding hydrogens is 195 g/mol. The Labute approximate surface area is 66.2 Å². The molecule has 0 amide bonds. The number of hydrogen-bond donors (Lipinski definition) is 0. The van der Waals surface area contributed by atoms with Crippen molar-refractivity contribution in [2.24, 2.45) is 0 Å². The molecule has 1 aromatic carbocycles. The van der Waals surface area contributed by atoms with E-state index in [0.29, 0.717) is 0 Å². The van der Waals surface area contributed by atoms with Gasteiger partial charge in [-0.2, -0.15) is 0 Å². The van der Waals surface area contributed by atoms with E-state index in [1.165, 1.54) is 0 Å². The summed E-state index contributed by atoms with van der Waals surface area (Å²) in [4.78, 5) is 0. The summed E-state index contributed by atoms with van der Waals surface area (Å²) in [6, 6.07) is 0.0549. The number of benzene rings is 1. The van der Waals surface area contributed by atoms with Crippen LogP contribution in [0, 0.1) is 23.3 Å². The summed E-state index contributed by atoms with van der Waals surface area (Å²) in [5, 5.41) is -1.13. The van der Waals surface area contributed by atoms with E-state index >= 15 is 0 Å². The van der Waals surface area contributed by atoms with Crippen molar-refractivity contribution in [1.29, 1.82) is 0 Å². The van der Waals surface area contributed by atoms with E-state index in [-0.39, 0.29) is 6.07 Å². The first-order chi connectivity index (χ1) is 5.57. The summed E-state index contributed by atoms with van der Waals surface area (Å²) < 4.78 is 59.5. The second kappa shape index (κ2) is 3.19. The number of hydrogen-bond acceptors (Lipinski definition) is 1. The van der Waals surface area contributed by atoms with E-state index in [1.54, 1.807) is 0 Å². The van der Waals surface area contributed by atoms with Gasteiger partial charge in [0.1, 0.15) is 5.30 Å². The zero-order valence-electron chi connectivity index (χ0n) is 5.44. The molecule has 1 nitrogen and oxygen atoms in total. The van der Waals surface area contributed by atoms with Gasteiger partial charge in [-0.05, 0) is 0 Å². The Morgan fingerprint density at radius 3 is 1.75 bits per heavy atom. The van der Waals surface area contributed by atoms with Crippen molar-refractivity contribution in [2.75, 3.05) is 0 Å². The van der Waals surface area contributed by atoms with Gasteiger partial charge in [0.05, 0.1) is 0 Å². The Morgan fingerprint density at radius 2 is 1.42 bits per heavy atom. The molecule has 12 heavy (non-hydrogen) atoms. The quantitative estimate of drug-likeness (QED) is 0.382. The number of halogens is 4.